The molecule has 124 valence electrons. The van der Waals surface area contributed by atoms with Crippen LogP contribution < -0.4 is 5.32 Å². The number of carbonyl (C=O) groups is 2. The average molecular weight is 352 g/mol. The van der Waals surface area contributed by atoms with Crippen molar-refractivity contribution < 1.29 is 26.8 Å². The van der Waals surface area contributed by atoms with E-state index in [4.69, 9.17) is 0 Å². The molecule has 0 saturated heterocycles. The number of benzene rings is 2. The monoisotopic (exact) mass is 352 g/mol. The summed E-state index contributed by atoms with van der Waals surface area (Å²) in [5.41, 5.74) is -0.758. The van der Waals surface area contributed by atoms with E-state index in [9.17, 15) is 26.8 Å². The third-order valence-corrected chi connectivity index (χ3v) is 5.21. The van der Waals surface area contributed by atoms with E-state index in [1.165, 1.54) is 24.3 Å². The van der Waals surface area contributed by atoms with Gasteiger partial charge in [-0.25, -0.2) is 21.5 Å². The largest absolute Gasteiger partial charge is 0.320 e. The van der Waals surface area contributed by atoms with Crippen LogP contribution in [-0.2, 0) is 14.8 Å². The number of sulfonamides is 1. The molecule has 0 radical (unpaired) electrons. The fraction of sp³-hybridized carbons (Fsp3) is 0.0667. The summed E-state index contributed by atoms with van der Waals surface area (Å²) in [7, 11) is -4.17. The number of hydrogen-bond donors (Lipinski definition) is 1. The molecule has 2 amide bonds. The molecule has 1 heterocycles. The fourth-order valence-electron chi connectivity index (χ4n) is 2.31. The zero-order valence-electron chi connectivity index (χ0n) is 12.0. The second-order valence-corrected chi connectivity index (χ2v) is 6.79. The molecule has 0 atom stereocenters. The number of amides is 2. The molecule has 1 aliphatic rings. The van der Waals surface area contributed by atoms with E-state index >= 15 is 0 Å². The number of anilines is 1. The Bertz CT molecular complexity index is 939. The van der Waals surface area contributed by atoms with Crippen molar-refractivity contribution in [3.05, 3.63) is 59.7 Å². The lowest BCUT2D eigenvalue weighted by Crippen LogP contribution is -2.37. The molecule has 0 bridgehead atoms. The first-order chi connectivity index (χ1) is 11.3. The van der Waals surface area contributed by atoms with Crippen LogP contribution in [0, 0.1) is 11.6 Å². The van der Waals surface area contributed by atoms with Gasteiger partial charge >= 0.3 is 0 Å². The van der Waals surface area contributed by atoms with Gasteiger partial charge in [-0.2, -0.15) is 0 Å². The van der Waals surface area contributed by atoms with Gasteiger partial charge in [0.1, 0.15) is 28.8 Å². The lowest BCUT2D eigenvalue weighted by atomic mass is 10.2. The van der Waals surface area contributed by atoms with E-state index in [2.05, 4.69) is 0 Å². The third-order valence-electron chi connectivity index (χ3n) is 3.43. The van der Waals surface area contributed by atoms with E-state index in [0.717, 1.165) is 18.2 Å². The zero-order chi connectivity index (χ0) is 17.5. The maximum atomic E-state index is 13.5. The molecule has 1 aliphatic heterocycles. The summed E-state index contributed by atoms with van der Waals surface area (Å²) in [5, 5.41) is 1.94. The second-order valence-electron chi connectivity index (χ2n) is 4.96. The van der Waals surface area contributed by atoms with Gasteiger partial charge in [-0.15, -0.1) is 0 Å². The molecule has 6 nitrogen and oxygen atoms in total. The van der Waals surface area contributed by atoms with Gasteiger partial charge in [0.05, 0.1) is 5.56 Å². The predicted octanol–water partition coefficient (Wildman–Crippen LogP) is 1.75. The second kappa shape index (κ2) is 5.68. The molecule has 3 rings (SSSR count). The van der Waals surface area contributed by atoms with Crippen LogP contribution in [0.3, 0.4) is 0 Å². The van der Waals surface area contributed by atoms with E-state index < -0.39 is 45.7 Å². The quantitative estimate of drug-likeness (QED) is 0.912. The van der Waals surface area contributed by atoms with E-state index in [1.807, 2.05) is 5.32 Å². The highest BCUT2D eigenvalue weighted by atomic mass is 32.2. The molecule has 0 aliphatic carbocycles. The van der Waals surface area contributed by atoms with Crippen LogP contribution in [0.15, 0.2) is 47.4 Å². The molecule has 0 aromatic heterocycles. The molecule has 0 saturated carbocycles. The maximum Gasteiger partial charge on any atom is 0.269 e. The number of nitrogens with one attached hydrogen (secondary N) is 1. The van der Waals surface area contributed by atoms with Gasteiger partial charge in [-0.1, -0.05) is 18.2 Å². The third kappa shape index (κ3) is 2.52. The van der Waals surface area contributed by atoms with Crippen molar-refractivity contribution in [3.63, 3.8) is 0 Å². The Morgan fingerprint density at radius 2 is 1.67 bits per heavy atom. The standard InChI is InChI=1S/C15H10F2N2O4S/c16-10-5-3-6-11(17)14(10)18-13(20)8-19-15(21)9-4-1-2-7-12(9)24(19,22)23/h1-7H,8H2,(H,18,20). The summed E-state index contributed by atoms with van der Waals surface area (Å²) in [6.07, 6.45) is 0. The van der Waals surface area contributed by atoms with Crippen molar-refractivity contribution >= 4 is 27.5 Å². The first kappa shape index (κ1) is 16.1. The lowest BCUT2D eigenvalue weighted by Gasteiger charge is -2.15. The van der Waals surface area contributed by atoms with Gasteiger partial charge < -0.3 is 5.32 Å². The Hall–Kier alpha value is -2.81. The molecular weight excluding hydrogens is 342 g/mol. The van der Waals surface area contributed by atoms with E-state index in [0.29, 0.717) is 4.31 Å². The Morgan fingerprint density at radius 1 is 1.04 bits per heavy atom. The molecule has 2 aromatic carbocycles. The minimum atomic E-state index is -4.17. The highest BCUT2D eigenvalue weighted by Crippen LogP contribution is 2.29. The lowest BCUT2D eigenvalue weighted by molar-refractivity contribution is -0.116. The topological polar surface area (TPSA) is 83.6 Å². The van der Waals surface area contributed by atoms with Crippen molar-refractivity contribution in [1.82, 2.24) is 4.31 Å². The SMILES string of the molecule is O=C(CN1C(=O)c2ccccc2S1(=O)=O)Nc1c(F)cccc1F. The number of rotatable bonds is 3. The summed E-state index contributed by atoms with van der Waals surface area (Å²) >= 11 is 0. The zero-order valence-corrected chi connectivity index (χ0v) is 12.8. The Kier molecular flexibility index (Phi) is 3.80. The van der Waals surface area contributed by atoms with Crippen molar-refractivity contribution in [1.29, 1.82) is 0 Å². The van der Waals surface area contributed by atoms with Crippen molar-refractivity contribution in [3.8, 4) is 0 Å². The first-order valence-electron chi connectivity index (χ1n) is 6.72. The van der Waals surface area contributed by atoms with Gasteiger partial charge in [-0.3, -0.25) is 9.59 Å². The van der Waals surface area contributed by atoms with Crippen molar-refractivity contribution in [2.24, 2.45) is 0 Å². The van der Waals surface area contributed by atoms with Crippen molar-refractivity contribution in [2.75, 3.05) is 11.9 Å². The predicted molar refractivity (Wildman–Crippen MR) is 79.7 cm³/mol. The average Bonchev–Trinajstić information content (AvgIpc) is 2.73. The smallest absolute Gasteiger partial charge is 0.269 e. The molecule has 0 spiro atoms. The Morgan fingerprint density at radius 3 is 2.29 bits per heavy atom. The summed E-state index contributed by atoms with van der Waals surface area (Å²) in [5.74, 6) is -3.93. The van der Waals surface area contributed by atoms with Gasteiger partial charge in [0, 0.05) is 0 Å². The minimum absolute atomic E-state index is 0.0534. The number of carbonyl (C=O) groups excluding carboxylic acids is 2. The molecule has 0 unspecified atom stereocenters. The van der Waals surface area contributed by atoms with E-state index in [1.54, 1.807) is 0 Å². The van der Waals surface area contributed by atoms with Crippen LogP contribution in [0.2, 0.25) is 0 Å². The molecule has 9 heteroatoms. The summed E-state index contributed by atoms with van der Waals surface area (Å²) in [4.78, 5) is 23.9. The Balaban J connectivity index is 1.85. The van der Waals surface area contributed by atoms with Gasteiger partial charge in [0.15, 0.2) is 0 Å². The molecule has 1 N–H and O–H groups in total. The normalized spacial score (nSPS) is 15.2. The van der Waals surface area contributed by atoms with Crippen LogP contribution in [0.4, 0.5) is 14.5 Å². The van der Waals surface area contributed by atoms with E-state index in [-0.39, 0.29) is 10.5 Å². The van der Waals surface area contributed by atoms with Gasteiger partial charge in [-0.05, 0) is 24.3 Å². The highest BCUT2D eigenvalue weighted by molar-refractivity contribution is 7.90. The number of para-hydroxylation sites is 1. The molecular formula is C15H10F2N2O4S. The molecule has 24 heavy (non-hydrogen) atoms. The number of halogens is 2. The number of nitrogens with zero attached hydrogens (tertiary/aromatic N) is 1. The van der Waals surface area contributed by atoms with Crippen LogP contribution in [0.1, 0.15) is 10.4 Å². The van der Waals surface area contributed by atoms with Crippen LogP contribution in [-0.4, -0.2) is 31.1 Å². The van der Waals surface area contributed by atoms with Gasteiger partial charge in [0.2, 0.25) is 5.91 Å². The maximum absolute atomic E-state index is 13.5. The summed E-state index contributed by atoms with van der Waals surface area (Å²) < 4.78 is 52.0. The molecule has 0 fully saturated rings. The van der Waals surface area contributed by atoms with Crippen LogP contribution in [0.25, 0.3) is 0 Å². The summed E-state index contributed by atoms with van der Waals surface area (Å²) in [6.45, 7) is -0.885. The van der Waals surface area contributed by atoms with Crippen molar-refractivity contribution in [2.45, 2.75) is 4.90 Å². The minimum Gasteiger partial charge on any atom is -0.320 e. The van der Waals surface area contributed by atoms with Crippen LogP contribution in [0.5, 0.6) is 0 Å². The summed E-state index contributed by atoms with van der Waals surface area (Å²) in [6, 6.07) is 8.50. The van der Waals surface area contributed by atoms with Crippen LogP contribution >= 0.6 is 0 Å². The number of hydrogen-bond acceptors (Lipinski definition) is 4. The van der Waals surface area contributed by atoms with Gasteiger partial charge in [0.25, 0.3) is 15.9 Å². The highest BCUT2D eigenvalue weighted by Gasteiger charge is 2.41. The fourth-order valence-corrected chi connectivity index (χ4v) is 3.84. The first-order valence-corrected chi connectivity index (χ1v) is 8.16. The Labute approximate surface area is 135 Å². The number of fused-ring (bicyclic) bond motifs is 1. The molecule has 2 aromatic rings.